The summed E-state index contributed by atoms with van der Waals surface area (Å²) in [5.74, 6) is -0.660. The highest BCUT2D eigenvalue weighted by molar-refractivity contribution is 5.94. The van der Waals surface area contributed by atoms with Crippen LogP contribution >= 0.6 is 0 Å². The molecule has 1 aromatic rings. The van der Waals surface area contributed by atoms with Gasteiger partial charge in [-0.2, -0.15) is 13.2 Å². The highest BCUT2D eigenvalue weighted by Crippen LogP contribution is 2.39. The number of aromatic nitrogens is 1. The number of urea groups is 1. The summed E-state index contributed by atoms with van der Waals surface area (Å²) in [7, 11) is 0. The van der Waals surface area contributed by atoms with Gasteiger partial charge in [0, 0.05) is 18.7 Å². The number of carbonyl (C=O) groups is 2. The first-order valence-corrected chi connectivity index (χ1v) is 9.29. The molecular formula is C18H19F3N6O3. The number of fused-ring (bicyclic) bond motifs is 4. The average molecular weight is 424 g/mol. The lowest BCUT2D eigenvalue weighted by atomic mass is 10.1. The lowest BCUT2D eigenvalue weighted by Crippen LogP contribution is -2.65. The van der Waals surface area contributed by atoms with Crippen molar-refractivity contribution in [1.82, 2.24) is 20.5 Å². The summed E-state index contributed by atoms with van der Waals surface area (Å²) >= 11 is 0. The van der Waals surface area contributed by atoms with Crippen LogP contribution in [0, 0.1) is 5.21 Å². The van der Waals surface area contributed by atoms with Gasteiger partial charge < -0.3 is 20.5 Å². The molecule has 160 valence electrons. The molecule has 9 nitrogen and oxygen atoms in total. The van der Waals surface area contributed by atoms with Crippen LogP contribution in [0.15, 0.2) is 47.9 Å². The van der Waals surface area contributed by atoms with E-state index < -0.39 is 41.5 Å². The molecular weight excluding hydrogens is 405 g/mol. The fourth-order valence-corrected chi connectivity index (χ4v) is 3.96. The first-order chi connectivity index (χ1) is 14.2. The van der Waals surface area contributed by atoms with Crippen molar-refractivity contribution in [2.24, 2.45) is 0 Å². The predicted molar refractivity (Wildman–Crippen MR) is 99.0 cm³/mol. The highest BCUT2D eigenvalue weighted by atomic mass is 19.4. The molecule has 0 aromatic carbocycles. The van der Waals surface area contributed by atoms with E-state index in [4.69, 9.17) is 0 Å². The number of hydrogen-bond donors (Lipinski definition) is 3. The van der Waals surface area contributed by atoms with Crippen molar-refractivity contribution in [3.05, 3.63) is 53.1 Å². The van der Waals surface area contributed by atoms with Crippen LogP contribution in [0.5, 0.6) is 0 Å². The van der Waals surface area contributed by atoms with Gasteiger partial charge in [0.05, 0.1) is 12.6 Å². The van der Waals surface area contributed by atoms with E-state index in [0.29, 0.717) is 17.9 Å². The number of hydrogen-bond acceptors (Lipinski definition) is 5. The molecule has 2 unspecified atom stereocenters. The van der Waals surface area contributed by atoms with Crippen molar-refractivity contribution in [2.45, 2.75) is 24.8 Å². The summed E-state index contributed by atoms with van der Waals surface area (Å²) in [6.07, 6.45) is -0.854. The lowest BCUT2D eigenvalue weighted by molar-refractivity contribution is -0.837. The third-order valence-electron chi connectivity index (χ3n) is 5.29. The minimum atomic E-state index is -4.56. The number of rotatable bonds is 3. The molecule has 12 heteroatoms. The van der Waals surface area contributed by atoms with Crippen LogP contribution in [0.4, 0.5) is 23.8 Å². The summed E-state index contributed by atoms with van der Waals surface area (Å²) in [6.45, 7) is -1.05. The Labute approximate surface area is 169 Å². The first-order valence-electron chi connectivity index (χ1n) is 9.29. The van der Waals surface area contributed by atoms with Crippen molar-refractivity contribution >= 4 is 17.8 Å². The lowest BCUT2D eigenvalue weighted by Gasteiger charge is -2.51. The van der Waals surface area contributed by atoms with Gasteiger partial charge in [-0.25, -0.2) is 9.78 Å². The minimum Gasteiger partial charge on any atom is -0.627 e. The van der Waals surface area contributed by atoms with E-state index in [1.54, 1.807) is 23.5 Å². The number of carbonyl (C=O) groups excluding carboxylic acids is 2. The molecule has 3 atom stereocenters. The number of nitrogens with one attached hydrogen (secondary N) is 3. The van der Waals surface area contributed by atoms with Gasteiger partial charge in [0.15, 0.2) is 11.9 Å². The number of alkyl halides is 3. The number of dihydropyridines is 1. The largest absolute Gasteiger partial charge is 0.627 e. The Morgan fingerprint density at radius 2 is 2.13 bits per heavy atom. The number of piperazine rings is 1. The van der Waals surface area contributed by atoms with E-state index in [0.717, 1.165) is 0 Å². The molecule has 2 bridgehead atoms. The molecule has 2 fully saturated rings. The number of hydroxylamine groups is 3. The summed E-state index contributed by atoms with van der Waals surface area (Å²) in [5.41, 5.74) is 0.171. The molecule has 3 N–H and O–H groups in total. The average Bonchev–Trinajstić information content (AvgIpc) is 3.04. The van der Waals surface area contributed by atoms with Crippen LogP contribution in [0.3, 0.4) is 0 Å². The van der Waals surface area contributed by atoms with E-state index in [9.17, 15) is 28.0 Å². The zero-order valence-electron chi connectivity index (χ0n) is 15.6. The van der Waals surface area contributed by atoms with Crippen molar-refractivity contribution in [3.8, 4) is 0 Å². The van der Waals surface area contributed by atoms with E-state index in [1.165, 1.54) is 23.2 Å². The Hall–Kier alpha value is -3.12. The topological polar surface area (TPSA) is 109 Å². The standard InChI is InChI=1S/C18H19F3N6O3/c19-18(20,21)10-23-16(28)12-4-5-13-15(24-12)26(11-6-8-27(13,30)9-11)17(29)25-14-3-1-2-7-22-14/h1-5,7,11,15,24H,6,8-10H2,(H,23,28)(H,22,25,29)/t11-,15?,27?/m0/s1. The van der Waals surface area contributed by atoms with Crippen LogP contribution < -0.4 is 16.0 Å². The quantitative estimate of drug-likeness (QED) is 0.502. The summed E-state index contributed by atoms with van der Waals surface area (Å²) in [4.78, 5) is 30.6. The molecule has 0 spiro atoms. The molecule has 0 aliphatic carbocycles. The number of amides is 3. The van der Waals surface area contributed by atoms with Crippen LogP contribution in [0.2, 0.25) is 0 Å². The van der Waals surface area contributed by atoms with Gasteiger partial charge in [-0.05, 0) is 18.2 Å². The fourth-order valence-electron chi connectivity index (χ4n) is 3.96. The van der Waals surface area contributed by atoms with Crippen molar-refractivity contribution in [3.63, 3.8) is 0 Å². The molecule has 0 radical (unpaired) electrons. The zero-order chi connectivity index (χ0) is 21.5. The second-order valence-corrected chi connectivity index (χ2v) is 7.31. The molecule has 4 heterocycles. The van der Waals surface area contributed by atoms with Crippen LogP contribution in [-0.4, -0.2) is 64.5 Å². The summed E-state index contributed by atoms with van der Waals surface area (Å²) in [6, 6.07) is 4.08. The molecule has 4 rings (SSSR count). The van der Waals surface area contributed by atoms with Crippen molar-refractivity contribution in [1.29, 1.82) is 0 Å². The molecule has 3 aliphatic rings. The molecule has 1 aromatic heterocycles. The van der Waals surface area contributed by atoms with Crippen LogP contribution in [0.25, 0.3) is 0 Å². The monoisotopic (exact) mass is 424 g/mol. The van der Waals surface area contributed by atoms with Gasteiger partial charge in [0.1, 0.15) is 24.6 Å². The second kappa shape index (κ2) is 7.29. The Bertz CT molecular complexity index is 919. The van der Waals surface area contributed by atoms with Gasteiger partial charge in [0.2, 0.25) is 0 Å². The molecule has 30 heavy (non-hydrogen) atoms. The van der Waals surface area contributed by atoms with Gasteiger partial charge in [-0.3, -0.25) is 15.0 Å². The van der Waals surface area contributed by atoms with E-state index in [2.05, 4.69) is 15.6 Å². The maximum absolute atomic E-state index is 13.1. The van der Waals surface area contributed by atoms with Crippen molar-refractivity contribution < 1.29 is 27.4 Å². The maximum Gasteiger partial charge on any atom is 0.405 e. The number of nitrogens with zero attached hydrogens (tertiary/aromatic N) is 3. The van der Waals surface area contributed by atoms with Gasteiger partial charge in [-0.1, -0.05) is 6.07 Å². The smallest absolute Gasteiger partial charge is 0.405 e. The van der Waals surface area contributed by atoms with Gasteiger partial charge in [0.25, 0.3) is 5.91 Å². The Balaban J connectivity index is 1.57. The SMILES string of the molecule is O=C(NCC(F)(F)F)C1=CC=C2C(N1)N(C(=O)Nc1ccccn1)[C@H]1CC[N+]2([O-])C1. The van der Waals surface area contributed by atoms with E-state index >= 15 is 0 Å². The Morgan fingerprint density at radius 1 is 1.33 bits per heavy atom. The third kappa shape index (κ3) is 3.83. The number of allylic oxidation sites excluding steroid dienone is 2. The van der Waals surface area contributed by atoms with Crippen LogP contribution in [-0.2, 0) is 4.79 Å². The van der Waals surface area contributed by atoms with E-state index in [1.807, 2.05) is 0 Å². The fraction of sp³-hybridized carbons (Fsp3) is 0.389. The minimum absolute atomic E-state index is 0.155. The molecule has 0 saturated carbocycles. The predicted octanol–water partition coefficient (Wildman–Crippen LogP) is 1.39. The Kier molecular flexibility index (Phi) is 4.90. The third-order valence-corrected chi connectivity index (χ3v) is 5.29. The van der Waals surface area contributed by atoms with E-state index in [-0.39, 0.29) is 18.8 Å². The van der Waals surface area contributed by atoms with Crippen LogP contribution in [0.1, 0.15) is 6.42 Å². The highest BCUT2D eigenvalue weighted by Gasteiger charge is 2.53. The first kappa shape index (κ1) is 20.2. The maximum atomic E-state index is 13.1. The molecule has 3 amide bonds. The molecule has 3 aliphatic heterocycles. The number of anilines is 1. The Morgan fingerprint density at radius 3 is 2.83 bits per heavy atom. The number of halogens is 3. The normalized spacial score (nSPS) is 27.4. The summed E-state index contributed by atoms with van der Waals surface area (Å²) < 4.78 is 36.6. The van der Waals surface area contributed by atoms with Gasteiger partial charge >= 0.3 is 12.2 Å². The zero-order valence-corrected chi connectivity index (χ0v) is 15.6. The van der Waals surface area contributed by atoms with Crippen molar-refractivity contribution in [2.75, 3.05) is 25.0 Å². The number of pyridine rings is 1. The number of quaternary nitrogens is 1. The second-order valence-electron chi connectivity index (χ2n) is 7.31. The molecule has 2 saturated heterocycles. The summed E-state index contributed by atoms with van der Waals surface area (Å²) in [5, 5.41) is 20.4. The van der Waals surface area contributed by atoms with Gasteiger partial charge in [-0.15, -0.1) is 0 Å².